The summed E-state index contributed by atoms with van der Waals surface area (Å²) < 4.78 is 5.94. The van der Waals surface area contributed by atoms with Crippen molar-refractivity contribution in [2.75, 3.05) is 24.6 Å². The van der Waals surface area contributed by atoms with E-state index in [1.807, 2.05) is 41.0 Å². The second-order valence-electron chi connectivity index (χ2n) is 7.76. The number of hydrogen-bond acceptors (Lipinski definition) is 7. The summed E-state index contributed by atoms with van der Waals surface area (Å²) in [5.74, 6) is 0.547. The summed E-state index contributed by atoms with van der Waals surface area (Å²) in [5, 5.41) is 15.9. The molecule has 1 saturated heterocycles. The summed E-state index contributed by atoms with van der Waals surface area (Å²) in [6, 6.07) is 14.3. The van der Waals surface area contributed by atoms with Gasteiger partial charge < -0.3 is 9.84 Å². The molecule has 8 heteroatoms. The van der Waals surface area contributed by atoms with E-state index in [4.69, 9.17) is 10.5 Å². The number of hydrazone groups is 1. The number of ketones is 1. The maximum atomic E-state index is 13.4. The van der Waals surface area contributed by atoms with Gasteiger partial charge in [0.1, 0.15) is 5.75 Å². The fourth-order valence-corrected chi connectivity index (χ4v) is 4.77. The maximum absolute atomic E-state index is 13.4. The van der Waals surface area contributed by atoms with Crippen LogP contribution in [0.3, 0.4) is 0 Å². The first-order valence-electron chi connectivity index (χ1n) is 10.2. The van der Waals surface area contributed by atoms with Gasteiger partial charge in [0.05, 0.1) is 12.6 Å². The number of thioether (sulfide) groups is 1. The lowest BCUT2D eigenvalue weighted by Crippen LogP contribution is -2.61. The van der Waals surface area contributed by atoms with Gasteiger partial charge in [-0.05, 0) is 23.6 Å². The highest BCUT2D eigenvalue weighted by Gasteiger charge is 2.48. The topological polar surface area (TPSA) is 105 Å². The van der Waals surface area contributed by atoms with Crippen molar-refractivity contribution in [3.63, 3.8) is 0 Å². The number of ether oxygens (including phenoxy) is 1. The molecule has 0 aliphatic carbocycles. The Morgan fingerprint density at radius 3 is 2.61 bits per heavy atom. The molecule has 2 aliphatic heterocycles. The molecule has 7 nitrogen and oxygen atoms in total. The second kappa shape index (κ2) is 9.11. The molecule has 31 heavy (non-hydrogen) atoms. The molecule has 0 radical (unpaired) electrons. The largest absolute Gasteiger partial charge is 0.481 e. The summed E-state index contributed by atoms with van der Waals surface area (Å²) in [5.41, 5.74) is 6.83. The molecule has 2 aliphatic rings. The fraction of sp³-hybridized carbons (Fsp3) is 0.348. The minimum Gasteiger partial charge on any atom is -0.481 e. The highest BCUT2D eigenvalue weighted by atomic mass is 32.2. The number of carboxylic acid groups (broad SMARTS) is 1. The Balaban J connectivity index is 1.54. The SMILES string of the molecule is NC1(C(=O)c2ccc(C=NN3CCSCC3)cc2)Oc2ccccc2CC1CC(=O)O. The number of para-hydroxylation sites is 1. The molecule has 4 rings (SSSR count). The van der Waals surface area contributed by atoms with E-state index in [0.29, 0.717) is 17.7 Å². The van der Waals surface area contributed by atoms with Gasteiger partial charge in [0.15, 0.2) is 0 Å². The van der Waals surface area contributed by atoms with Crippen LogP contribution in [-0.2, 0) is 11.2 Å². The first-order valence-corrected chi connectivity index (χ1v) is 11.4. The number of carboxylic acids is 1. The van der Waals surface area contributed by atoms with Crippen LogP contribution in [0.5, 0.6) is 5.75 Å². The van der Waals surface area contributed by atoms with Crippen LogP contribution in [0.4, 0.5) is 0 Å². The smallest absolute Gasteiger partial charge is 0.303 e. The molecule has 1 fully saturated rings. The Labute approximate surface area is 185 Å². The van der Waals surface area contributed by atoms with Crippen LogP contribution in [0.2, 0.25) is 0 Å². The number of aliphatic carboxylic acids is 1. The van der Waals surface area contributed by atoms with Crippen LogP contribution in [0.15, 0.2) is 53.6 Å². The van der Waals surface area contributed by atoms with Crippen LogP contribution in [0.25, 0.3) is 0 Å². The molecule has 3 N–H and O–H groups in total. The number of carbonyl (C=O) groups is 2. The average molecular weight is 440 g/mol. The molecule has 0 spiro atoms. The van der Waals surface area contributed by atoms with E-state index in [9.17, 15) is 14.7 Å². The van der Waals surface area contributed by atoms with Gasteiger partial charge in [0.2, 0.25) is 11.5 Å². The number of fused-ring (bicyclic) bond motifs is 1. The number of rotatable bonds is 6. The van der Waals surface area contributed by atoms with E-state index in [2.05, 4.69) is 5.10 Å². The zero-order valence-electron chi connectivity index (χ0n) is 17.1. The number of nitrogens with two attached hydrogens (primary N) is 1. The van der Waals surface area contributed by atoms with Crippen molar-refractivity contribution in [3.8, 4) is 5.75 Å². The number of carbonyl (C=O) groups excluding carboxylic acids is 1. The van der Waals surface area contributed by atoms with E-state index in [0.717, 1.165) is 35.7 Å². The Hall–Kier alpha value is -2.84. The van der Waals surface area contributed by atoms with Gasteiger partial charge in [-0.15, -0.1) is 0 Å². The highest BCUT2D eigenvalue weighted by Crippen LogP contribution is 2.38. The van der Waals surface area contributed by atoms with Crippen molar-refractivity contribution in [2.45, 2.75) is 18.6 Å². The standard InChI is InChI=1S/C23H25N3O4S/c24-23(19(14-21(27)28)13-18-3-1-2-4-20(18)30-23)22(29)17-7-5-16(6-8-17)15-25-26-9-11-31-12-10-26/h1-8,15,19H,9-14,24H2,(H,27,28). The minimum atomic E-state index is -1.74. The molecule has 2 aromatic rings. The number of nitrogens with zero attached hydrogens (tertiary/aromatic N) is 2. The van der Waals surface area contributed by atoms with E-state index < -0.39 is 23.4 Å². The van der Waals surface area contributed by atoms with Crippen molar-refractivity contribution in [3.05, 3.63) is 65.2 Å². The first-order chi connectivity index (χ1) is 15.0. The third kappa shape index (κ3) is 4.75. The summed E-state index contributed by atoms with van der Waals surface area (Å²) in [6.07, 6.45) is 1.89. The number of Topliss-reactive ketones (excluding diaryl/α,β-unsaturated/α-hetero) is 1. The van der Waals surface area contributed by atoms with Crippen LogP contribution in [0, 0.1) is 5.92 Å². The van der Waals surface area contributed by atoms with E-state index >= 15 is 0 Å². The molecular formula is C23H25N3O4S. The Morgan fingerprint density at radius 1 is 1.19 bits per heavy atom. The van der Waals surface area contributed by atoms with Crippen LogP contribution < -0.4 is 10.5 Å². The molecule has 0 aromatic heterocycles. The number of hydrogen-bond donors (Lipinski definition) is 2. The van der Waals surface area contributed by atoms with Gasteiger partial charge in [-0.2, -0.15) is 16.9 Å². The summed E-state index contributed by atoms with van der Waals surface area (Å²) in [4.78, 5) is 24.8. The molecule has 0 bridgehead atoms. The van der Waals surface area contributed by atoms with Gasteiger partial charge >= 0.3 is 5.97 Å². The zero-order chi connectivity index (χ0) is 21.8. The van der Waals surface area contributed by atoms with Crippen molar-refractivity contribution < 1.29 is 19.4 Å². The fourth-order valence-electron chi connectivity index (χ4n) is 3.88. The molecule has 2 unspecified atom stereocenters. The van der Waals surface area contributed by atoms with E-state index in [1.54, 1.807) is 30.5 Å². The lowest BCUT2D eigenvalue weighted by atomic mass is 9.80. The Kier molecular flexibility index (Phi) is 6.29. The monoisotopic (exact) mass is 439 g/mol. The van der Waals surface area contributed by atoms with Gasteiger partial charge in [-0.25, -0.2) is 0 Å². The van der Waals surface area contributed by atoms with E-state index in [1.165, 1.54) is 0 Å². The normalized spacial score (nSPS) is 23.3. The third-order valence-electron chi connectivity index (χ3n) is 5.63. The Bertz CT molecular complexity index is 989. The molecule has 0 saturated carbocycles. The summed E-state index contributed by atoms with van der Waals surface area (Å²) >= 11 is 1.92. The molecule has 2 aromatic carbocycles. The summed E-state index contributed by atoms with van der Waals surface area (Å²) in [6.45, 7) is 1.86. The average Bonchev–Trinajstić information content (AvgIpc) is 2.78. The molecule has 0 amide bonds. The van der Waals surface area contributed by atoms with Gasteiger partial charge in [0.25, 0.3) is 0 Å². The molecule has 162 valence electrons. The molecular weight excluding hydrogens is 414 g/mol. The van der Waals surface area contributed by atoms with Crippen molar-refractivity contribution >= 4 is 29.7 Å². The zero-order valence-corrected chi connectivity index (χ0v) is 17.9. The van der Waals surface area contributed by atoms with Crippen LogP contribution in [-0.4, -0.2) is 58.4 Å². The lowest BCUT2D eigenvalue weighted by molar-refractivity contribution is -0.140. The predicted molar refractivity (Wildman–Crippen MR) is 121 cm³/mol. The number of benzene rings is 2. The quantitative estimate of drug-likeness (QED) is 0.526. The summed E-state index contributed by atoms with van der Waals surface area (Å²) in [7, 11) is 0. The maximum Gasteiger partial charge on any atom is 0.303 e. The molecule has 2 heterocycles. The Morgan fingerprint density at radius 2 is 1.90 bits per heavy atom. The van der Waals surface area contributed by atoms with Gasteiger partial charge in [-0.1, -0.05) is 42.5 Å². The minimum absolute atomic E-state index is 0.255. The van der Waals surface area contributed by atoms with E-state index in [-0.39, 0.29) is 6.42 Å². The third-order valence-corrected chi connectivity index (χ3v) is 6.57. The highest BCUT2D eigenvalue weighted by molar-refractivity contribution is 7.99. The first kappa shape index (κ1) is 21.4. The van der Waals surface area contributed by atoms with Gasteiger partial charge in [-0.3, -0.25) is 20.3 Å². The van der Waals surface area contributed by atoms with Crippen LogP contribution >= 0.6 is 11.8 Å². The van der Waals surface area contributed by atoms with Gasteiger partial charge in [0, 0.05) is 36.1 Å². The van der Waals surface area contributed by atoms with Crippen molar-refractivity contribution in [1.82, 2.24) is 5.01 Å². The predicted octanol–water partition coefficient (Wildman–Crippen LogP) is 2.63. The molecule has 2 atom stereocenters. The lowest BCUT2D eigenvalue weighted by Gasteiger charge is -2.40. The van der Waals surface area contributed by atoms with Crippen molar-refractivity contribution in [2.24, 2.45) is 16.8 Å². The van der Waals surface area contributed by atoms with Crippen molar-refractivity contribution in [1.29, 1.82) is 0 Å². The van der Waals surface area contributed by atoms with Crippen LogP contribution in [0.1, 0.15) is 27.9 Å². The second-order valence-corrected chi connectivity index (χ2v) is 8.99.